The first-order valence-electron chi connectivity index (χ1n) is 8.71. The van der Waals surface area contributed by atoms with Gasteiger partial charge in [-0.1, -0.05) is 22.4 Å². The third kappa shape index (κ3) is 1.81. The Balaban J connectivity index is 1.76. The van der Waals surface area contributed by atoms with E-state index in [1.165, 1.54) is 47.9 Å². The highest BCUT2D eigenvalue weighted by Crippen LogP contribution is 2.68. The van der Waals surface area contributed by atoms with E-state index in [1.54, 1.807) is 6.92 Å². The molecule has 156 valence electrons. The van der Waals surface area contributed by atoms with E-state index < -0.39 is 33.5 Å². The molecule has 9 nitrogen and oxygen atoms in total. The molecule has 0 saturated carbocycles. The molecule has 29 heavy (non-hydrogen) atoms. The van der Waals surface area contributed by atoms with Crippen LogP contribution >= 0.6 is 33.2 Å². The summed E-state index contributed by atoms with van der Waals surface area (Å²) >= 11 is 6.33. The smallest absolute Gasteiger partial charge is 0.264 e. The summed E-state index contributed by atoms with van der Waals surface area (Å²) in [4.78, 5) is 26.5. The number of piperazine rings is 1. The van der Waals surface area contributed by atoms with Crippen LogP contribution in [0.15, 0.2) is 6.07 Å². The Morgan fingerprint density at radius 2 is 1.86 bits per heavy atom. The minimum atomic E-state index is -1.98. The summed E-state index contributed by atoms with van der Waals surface area (Å²) in [5.74, 6) is -0.313. The lowest BCUT2D eigenvalue weighted by atomic mass is 9.87. The van der Waals surface area contributed by atoms with Crippen LogP contribution < -0.4 is 14.8 Å². The number of carbonyl (C=O) groups is 2. The van der Waals surface area contributed by atoms with Crippen molar-refractivity contribution in [1.82, 2.24) is 9.80 Å². The number of anilines is 1. The Bertz CT molecular complexity index is 996. The number of aliphatic hydroxyl groups is 2. The van der Waals surface area contributed by atoms with Crippen molar-refractivity contribution in [1.29, 1.82) is 0 Å². The Morgan fingerprint density at radius 3 is 2.48 bits per heavy atom. The van der Waals surface area contributed by atoms with Gasteiger partial charge in [0.05, 0.1) is 24.9 Å². The van der Waals surface area contributed by atoms with E-state index in [4.69, 9.17) is 21.1 Å². The standard InChI is InChI=1S/C17H18ClN3O6S2/c1-15-13(23)21-12-16(25,11(22)17(21,29-28-15)14(24)20(15)2)6-5-7(18)9(26-3)10(27-4)8(6)19-12/h5,11-12,19,22,25H,1-4H3/t11-,12-,15-,16-,17-/m1/s1. The molecule has 3 N–H and O–H groups in total. The molecule has 5 heterocycles. The van der Waals surface area contributed by atoms with Crippen LogP contribution in [-0.2, 0) is 15.2 Å². The lowest BCUT2D eigenvalue weighted by Gasteiger charge is -2.57. The average Bonchev–Trinajstić information content (AvgIpc) is 3.08. The number of rotatable bonds is 2. The molecule has 1 spiro atoms. The molecule has 0 aromatic heterocycles. The van der Waals surface area contributed by atoms with Crippen LogP contribution in [0.3, 0.4) is 0 Å². The molecule has 12 heteroatoms. The van der Waals surface area contributed by atoms with Crippen molar-refractivity contribution < 1.29 is 29.3 Å². The van der Waals surface area contributed by atoms with E-state index in [1.807, 2.05) is 0 Å². The Kier molecular flexibility index (Phi) is 3.74. The van der Waals surface area contributed by atoms with Gasteiger partial charge in [-0.2, -0.15) is 0 Å². The van der Waals surface area contributed by atoms with Crippen molar-refractivity contribution in [2.75, 3.05) is 26.6 Å². The molecule has 4 fully saturated rings. The zero-order chi connectivity index (χ0) is 21.1. The Morgan fingerprint density at radius 1 is 1.21 bits per heavy atom. The number of halogens is 1. The summed E-state index contributed by atoms with van der Waals surface area (Å²) in [5, 5.41) is 26.4. The molecule has 4 saturated heterocycles. The zero-order valence-electron chi connectivity index (χ0n) is 15.8. The zero-order valence-corrected chi connectivity index (χ0v) is 18.2. The summed E-state index contributed by atoms with van der Waals surface area (Å²) in [5.41, 5.74) is -1.38. The first-order chi connectivity index (χ1) is 13.6. The van der Waals surface area contributed by atoms with Gasteiger partial charge in [0, 0.05) is 12.6 Å². The molecule has 2 bridgehead atoms. The number of benzene rings is 1. The molecule has 5 aliphatic heterocycles. The largest absolute Gasteiger partial charge is 0.491 e. The molecule has 0 aliphatic carbocycles. The minimum Gasteiger partial charge on any atom is -0.491 e. The molecule has 6 rings (SSSR count). The third-order valence-corrected chi connectivity index (χ3v) is 10.3. The number of amides is 2. The molecule has 1 aromatic rings. The highest BCUT2D eigenvalue weighted by molar-refractivity contribution is 8.78. The van der Waals surface area contributed by atoms with Crippen LogP contribution in [-0.4, -0.2) is 75.1 Å². The first-order valence-corrected chi connectivity index (χ1v) is 11.2. The van der Waals surface area contributed by atoms with Crippen molar-refractivity contribution >= 4 is 50.7 Å². The van der Waals surface area contributed by atoms with Crippen LogP contribution in [0.25, 0.3) is 0 Å². The maximum atomic E-state index is 13.4. The third-order valence-electron chi connectivity index (χ3n) is 6.33. The quantitative estimate of drug-likeness (QED) is 0.552. The van der Waals surface area contributed by atoms with E-state index in [9.17, 15) is 19.8 Å². The average molecular weight is 460 g/mol. The van der Waals surface area contributed by atoms with Crippen molar-refractivity contribution in [2.45, 2.75) is 34.5 Å². The van der Waals surface area contributed by atoms with Gasteiger partial charge in [0.1, 0.15) is 12.3 Å². The van der Waals surface area contributed by atoms with Crippen LogP contribution in [0.2, 0.25) is 5.02 Å². The van der Waals surface area contributed by atoms with Crippen molar-refractivity contribution in [3.63, 3.8) is 0 Å². The predicted octanol–water partition coefficient (Wildman–Crippen LogP) is 0.779. The second kappa shape index (κ2) is 5.58. The number of nitrogens with one attached hydrogen (secondary N) is 1. The molecule has 2 amide bonds. The Hall–Kier alpha value is -1.53. The number of aliphatic hydroxyl groups excluding tert-OH is 1. The van der Waals surface area contributed by atoms with E-state index >= 15 is 0 Å². The summed E-state index contributed by atoms with van der Waals surface area (Å²) in [6.45, 7) is 1.65. The SMILES string of the molecule is COc1c(Cl)cc2c(c1OC)N[C@@H]1N3C(=O)[C@@]4(C)SS[C@@]3(C(=O)N4C)[C@H](O)[C@]21O. The fraction of sp³-hybridized carbons (Fsp3) is 0.529. The van der Waals surface area contributed by atoms with Gasteiger partial charge in [0.2, 0.25) is 4.87 Å². The van der Waals surface area contributed by atoms with Gasteiger partial charge in [0.15, 0.2) is 22.0 Å². The maximum absolute atomic E-state index is 13.4. The summed E-state index contributed by atoms with van der Waals surface area (Å²) in [7, 11) is 6.68. The number of carbonyl (C=O) groups excluding carboxylic acids is 2. The van der Waals surface area contributed by atoms with Crippen LogP contribution in [0.5, 0.6) is 11.5 Å². The minimum absolute atomic E-state index is 0.168. The van der Waals surface area contributed by atoms with Gasteiger partial charge in [-0.15, -0.1) is 0 Å². The lowest BCUT2D eigenvalue weighted by molar-refractivity contribution is -0.166. The summed E-state index contributed by atoms with van der Waals surface area (Å²) in [6, 6.07) is 1.47. The molecular weight excluding hydrogens is 442 g/mol. The van der Waals surface area contributed by atoms with Crippen molar-refractivity contribution in [3.8, 4) is 11.5 Å². The highest BCUT2D eigenvalue weighted by Gasteiger charge is 2.81. The summed E-state index contributed by atoms with van der Waals surface area (Å²) < 4.78 is 10.7. The number of likely N-dealkylation sites (N-methyl/N-ethyl adjacent to an activating group) is 1. The van der Waals surface area contributed by atoms with E-state index in [0.717, 1.165) is 10.8 Å². The number of fused-ring (bicyclic) bond motifs is 5. The molecule has 0 unspecified atom stereocenters. The van der Waals surface area contributed by atoms with Gasteiger partial charge in [-0.05, 0) is 23.8 Å². The van der Waals surface area contributed by atoms with Gasteiger partial charge < -0.3 is 29.9 Å². The highest BCUT2D eigenvalue weighted by atomic mass is 35.5. The fourth-order valence-electron chi connectivity index (χ4n) is 4.67. The topological polar surface area (TPSA) is 112 Å². The molecule has 0 radical (unpaired) electrons. The van der Waals surface area contributed by atoms with Crippen LogP contribution in [0.1, 0.15) is 12.5 Å². The summed E-state index contributed by atoms with van der Waals surface area (Å²) in [6.07, 6.45) is -2.69. The predicted molar refractivity (Wildman–Crippen MR) is 108 cm³/mol. The second-order valence-electron chi connectivity index (χ2n) is 7.51. The van der Waals surface area contributed by atoms with E-state index in [-0.39, 0.29) is 28.0 Å². The fourth-order valence-corrected chi connectivity index (χ4v) is 8.49. The number of hydrogen-bond acceptors (Lipinski definition) is 9. The van der Waals surface area contributed by atoms with Crippen molar-refractivity contribution in [2.24, 2.45) is 0 Å². The van der Waals surface area contributed by atoms with Gasteiger partial charge in [-0.25, -0.2) is 0 Å². The molecule has 5 atom stereocenters. The Labute approximate surface area is 179 Å². The second-order valence-corrected chi connectivity index (χ2v) is 10.7. The van der Waals surface area contributed by atoms with Gasteiger partial charge in [-0.3, -0.25) is 14.5 Å². The van der Waals surface area contributed by atoms with Crippen LogP contribution in [0.4, 0.5) is 5.69 Å². The van der Waals surface area contributed by atoms with E-state index in [0.29, 0.717) is 5.69 Å². The molecule has 1 aromatic carbocycles. The lowest BCUT2D eigenvalue weighted by Crippen LogP contribution is -2.77. The maximum Gasteiger partial charge on any atom is 0.264 e. The number of hydrogen-bond donors (Lipinski definition) is 3. The molecular formula is C17H18ClN3O6S2. The van der Waals surface area contributed by atoms with Gasteiger partial charge in [0.25, 0.3) is 11.8 Å². The number of ether oxygens (including phenoxy) is 2. The van der Waals surface area contributed by atoms with E-state index in [2.05, 4.69) is 5.32 Å². The first kappa shape index (κ1) is 19.4. The monoisotopic (exact) mass is 459 g/mol. The van der Waals surface area contributed by atoms with Gasteiger partial charge >= 0.3 is 0 Å². The number of nitrogens with zero attached hydrogens (tertiary/aromatic N) is 2. The normalized spacial score (nSPS) is 39.3. The molecule has 5 aliphatic rings. The number of methoxy groups -OCH3 is 2. The van der Waals surface area contributed by atoms with Crippen molar-refractivity contribution in [3.05, 3.63) is 16.7 Å². The van der Waals surface area contributed by atoms with Crippen LogP contribution in [0, 0.1) is 0 Å².